The molecule has 0 aliphatic carbocycles. The molecule has 0 fully saturated rings. The van der Waals surface area contributed by atoms with Crippen LogP contribution in [-0.4, -0.2) is 16.1 Å². The number of carboxylic acid groups (broad SMARTS) is 1. The Morgan fingerprint density at radius 1 is 1.37 bits per heavy atom. The van der Waals surface area contributed by atoms with Crippen LogP contribution in [0.2, 0.25) is 5.02 Å². The van der Waals surface area contributed by atoms with Gasteiger partial charge < -0.3 is 5.11 Å². The molecule has 0 amide bonds. The molecule has 0 radical (unpaired) electrons. The summed E-state index contributed by atoms with van der Waals surface area (Å²) in [5.41, 5.74) is 1.02. The summed E-state index contributed by atoms with van der Waals surface area (Å²) in [6, 6.07) is 9.05. The molecule has 1 N–H and O–H groups in total. The highest BCUT2D eigenvalue weighted by Crippen LogP contribution is 2.21. The van der Waals surface area contributed by atoms with Crippen LogP contribution in [0.4, 0.5) is 4.39 Å². The van der Waals surface area contributed by atoms with E-state index in [0.29, 0.717) is 16.3 Å². The summed E-state index contributed by atoms with van der Waals surface area (Å²) in [7, 11) is 0. The summed E-state index contributed by atoms with van der Waals surface area (Å²) in [5, 5.41) is 9.70. The number of nitrogens with zero attached hydrogens (tertiary/aromatic N) is 1. The predicted octanol–water partition coefficient (Wildman–Crippen LogP) is 3.29. The van der Waals surface area contributed by atoms with Crippen LogP contribution in [-0.2, 0) is 11.2 Å². The lowest BCUT2D eigenvalue weighted by molar-refractivity contribution is -0.138. The zero-order valence-corrected chi connectivity index (χ0v) is 10.6. The Morgan fingerprint density at radius 2 is 2.16 bits per heavy atom. The number of hydrogen-bond donors (Lipinski definition) is 1. The molecule has 2 aromatic rings. The topological polar surface area (TPSA) is 50.2 Å². The van der Waals surface area contributed by atoms with Crippen LogP contribution in [0.15, 0.2) is 42.6 Å². The van der Waals surface area contributed by atoms with Gasteiger partial charge in [-0.3, -0.25) is 9.78 Å². The van der Waals surface area contributed by atoms with Crippen molar-refractivity contribution < 1.29 is 14.3 Å². The maximum Gasteiger partial charge on any atom is 0.312 e. The number of carbonyl (C=O) groups is 1. The average Bonchev–Trinajstić information content (AvgIpc) is 2.37. The van der Waals surface area contributed by atoms with Crippen molar-refractivity contribution in [2.75, 3.05) is 0 Å². The van der Waals surface area contributed by atoms with E-state index in [1.807, 2.05) is 0 Å². The van der Waals surface area contributed by atoms with Crippen molar-refractivity contribution in [3.63, 3.8) is 0 Å². The molecule has 19 heavy (non-hydrogen) atoms. The molecule has 0 bridgehead atoms. The summed E-state index contributed by atoms with van der Waals surface area (Å²) in [6.45, 7) is 0. The second-order valence-electron chi connectivity index (χ2n) is 4.13. The number of hydrogen-bond acceptors (Lipinski definition) is 2. The van der Waals surface area contributed by atoms with E-state index >= 15 is 0 Å². The second kappa shape index (κ2) is 5.80. The highest BCUT2D eigenvalue weighted by molar-refractivity contribution is 6.30. The second-order valence-corrected chi connectivity index (χ2v) is 4.56. The van der Waals surface area contributed by atoms with Gasteiger partial charge >= 0.3 is 5.97 Å². The van der Waals surface area contributed by atoms with Gasteiger partial charge in [-0.2, -0.15) is 0 Å². The van der Waals surface area contributed by atoms with E-state index in [4.69, 9.17) is 11.6 Å². The molecule has 0 aliphatic heterocycles. The number of benzene rings is 1. The molecule has 0 saturated carbocycles. The number of carboxylic acids is 1. The van der Waals surface area contributed by atoms with Crippen LogP contribution >= 0.6 is 11.6 Å². The predicted molar refractivity (Wildman–Crippen MR) is 69.7 cm³/mol. The molecule has 1 aromatic carbocycles. The van der Waals surface area contributed by atoms with Gasteiger partial charge in [0.2, 0.25) is 0 Å². The Bertz CT molecular complexity index is 586. The first kappa shape index (κ1) is 13.5. The zero-order valence-electron chi connectivity index (χ0n) is 9.88. The fourth-order valence-electron chi connectivity index (χ4n) is 1.81. The molecular weight excluding hydrogens is 269 g/mol. The summed E-state index contributed by atoms with van der Waals surface area (Å²) in [5.74, 6) is -2.20. The van der Waals surface area contributed by atoms with Gasteiger partial charge in [0.15, 0.2) is 0 Å². The molecule has 3 nitrogen and oxygen atoms in total. The summed E-state index contributed by atoms with van der Waals surface area (Å²) in [4.78, 5) is 15.3. The van der Waals surface area contributed by atoms with E-state index in [2.05, 4.69) is 4.98 Å². The van der Waals surface area contributed by atoms with Gasteiger partial charge in [0, 0.05) is 6.20 Å². The maximum atomic E-state index is 13.1. The minimum absolute atomic E-state index is 0.182. The molecular formula is C14H11ClFNO2. The Kier molecular flexibility index (Phi) is 4.12. The van der Waals surface area contributed by atoms with Crippen molar-refractivity contribution in [2.24, 2.45) is 0 Å². The van der Waals surface area contributed by atoms with Crippen LogP contribution in [0.5, 0.6) is 0 Å². The summed E-state index contributed by atoms with van der Waals surface area (Å²) in [6.07, 6.45) is 1.58. The van der Waals surface area contributed by atoms with E-state index in [1.165, 1.54) is 18.3 Å². The van der Waals surface area contributed by atoms with Crippen molar-refractivity contribution >= 4 is 17.6 Å². The lowest BCUT2D eigenvalue weighted by Crippen LogP contribution is -2.15. The van der Waals surface area contributed by atoms with Crippen molar-refractivity contribution in [3.8, 4) is 0 Å². The van der Waals surface area contributed by atoms with E-state index < -0.39 is 11.9 Å². The van der Waals surface area contributed by atoms with Gasteiger partial charge in [-0.25, -0.2) is 4.39 Å². The average molecular weight is 280 g/mol. The molecule has 0 aliphatic rings. The third kappa shape index (κ3) is 3.51. The van der Waals surface area contributed by atoms with Gasteiger partial charge in [-0.05, 0) is 36.2 Å². The van der Waals surface area contributed by atoms with Gasteiger partial charge in [-0.1, -0.05) is 23.7 Å². The quantitative estimate of drug-likeness (QED) is 0.934. The highest BCUT2D eigenvalue weighted by atomic mass is 35.5. The number of aromatic nitrogens is 1. The lowest BCUT2D eigenvalue weighted by atomic mass is 9.96. The molecule has 1 aromatic heterocycles. The Balaban J connectivity index is 2.26. The SMILES string of the molecule is O=C(O)C(Cc1cccc(F)c1)c1ccc(Cl)cn1. The van der Waals surface area contributed by atoms with Crippen LogP contribution in [0, 0.1) is 5.82 Å². The Labute approximate surface area is 114 Å². The normalized spacial score (nSPS) is 12.1. The Morgan fingerprint density at radius 3 is 2.74 bits per heavy atom. The van der Waals surface area contributed by atoms with Crippen molar-refractivity contribution in [2.45, 2.75) is 12.3 Å². The highest BCUT2D eigenvalue weighted by Gasteiger charge is 2.21. The van der Waals surface area contributed by atoms with E-state index in [1.54, 1.807) is 24.3 Å². The molecule has 98 valence electrons. The van der Waals surface area contributed by atoms with Gasteiger partial charge in [0.1, 0.15) is 11.7 Å². The molecule has 1 unspecified atom stereocenters. The molecule has 0 spiro atoms. The largest absolute Gasteiger partial charge is 0.481 e. The standard InChI is InChI=1S/C14H11ClFNO2/c15-10-4-5-13(17-8-10)12(14(18)19)7-9-2-1-3-11(16)6-9/h1-6,8,12H,7H2,(H,18,19). The fraction of sp³-hybridized carbons (Fsp3) is 0.143. The van der Waals surface area contributed by atoms with Crippen molar-refractivity contribution in [1.29, 1.82) is 0 Å². The molecule has 1 heterocycles. The van der Waals surface area contributed by atoms with Crippen molar-refractivity contribution in [1.82, 2.24) is 4.98 Å². The minimum Gasteiger partial charge on any atom is -0.481 e. The van der Waals surface area contributed by atoms with E-state index in [0.717, 1.165) is 0 Å². The number of pyridine rings is 1. The molecule has 5 heteroatoms. The molecule has 1 atom stereocenters. The van der Waals surface area contributed by atoms with Gasteiger partial charge in [0.05, 0.1) is 10.7 Å². The third-order valence-corrected chi connectivity index (χ3v) is 2.96. The lowest BCUT2D eigenvalue weighted by Gasteiger charge is -2.12. The van der Waals surface area contributed by atoms with Crippen molar-refractivity contribution in [3.05, 3.63) is 64.7 Å². The summed E-state index contributed by atoms with van der Waals surface area (Å²) >= 11 is 5.72. The van der Waals surface area contributed by atoms with Gasteiger partial charge in [0.25, 0.3) is 0 Å². The molecule has 0 saturated heterocycles. The molecule has 2 rings (SSSR count). The zero-order chi connectivity index (χ0) is 13.8. The van der Waals surface area contributed by atoms with E-state index in [-0.39, 0.29) is 12.2 Å². The fourth-order valence-corrected chi connectivity index (χ4v) is 1.92. The minimum atomic E-state index is -1.00. The van der Waals surface area contributed by atoms with Crippen LogP contribution < -0.4 is 0 Å². The summed E-state index contributed by atoms with van der Waals surface area (Å²) < 4.78 is 13.1. The number of rotatable bonds is 4. The third-order valence-electron chi connectivity index (χ3n) is 2.73. The van der Waals surface area contributed by atoms with Crippen LogP contribution in [0.3, 0.4) is 0 Å². The van der Waals surface area contributed by atoms with Crippen LogP contribution in [0.25, 0.3) is 0 Å². The first-order valence-corrected chi connectivity index (χ1v) is 6.03. The smallest absolute Gasteiger partial charge is 0.312 e. The van der Waals surface area contributed by atoms with E-state index in [9.17, 15) is 14.3 Å². The van der Waals surface area contributed by atoms with Crippen LogP contribution in [0.1, 0.15) is 17.2 Å². The number of halogens is 2. The van der Waals surface area contributed by atoms with Gasteiger partial charge in [-0.15, -0.1) is 0 Å². The maximum absolute atomic E-state index is 13.1. The number of aliphatic carboxylic acids is 1. The monoisotopic (exact) mass is 279 g/mol. The Hall–Kier alpha value is -1.94. The first-order valence-electron chi connectivity index (χ1n) is 5.65. The first-order chi connectivity index (χ1) is 9.06.